The average Bonchev–Trinajstić information content (AvgIpc) is 2.97. The summed E-state index contributed by atoms with van der Waals surface area (Å²) in [5.74, 6) is 1.67. The fraction of sp³-hybridized carbons (Fsp3) is 0.500. The monoisotopic (exact) mass is 234 g/mol. The second-order valence-electron chi connectivity index (χ2n) is 3.88. The number of hydrogen-bond acceptors (Lipinski definition) is 4. The van der Waals surface area contributed by atoms with E-state index in [1.165, 1.54) is 5.56 Å². The van der Waals surface area contributed by atoms with Gasteiger partial charge in [-0.2, -0.15) is 5.10 Å². The Morgan fingerprint density at radius 3 is 2.82 bits per heavy atom. The molecule has 0 aromatic carbocycles. The Morgan fingerprint density at radius 2 is 2.18 bits per heavy atom. The molecule has 5 heteroatoms. The smallest absolute Gasteiger partial charge is 0.208 e. The minimum atomic E-state index is 0.650. The lowest BCUT2D eigenvalue weighted by Gasteiger charge is -1.98. The highest BCUT2D eigenvalue weighted by molar-refractivity contribution is 5.03. The summed E-state index contributed by atoms with van der Waals surface area (Å²) in [4.78, 5) is 4.19. The van der Waals surface area contributed by atoms with Gasteiger partial charge in [0.1, 0.15) is 5.76 Å². The summed E-state index contributed by atoms with van der Waals surface area (Å²) in [6.07, 6.45) is 6.59. The topological polar surface area (TPSA) is 55.9 Å². The molecule has 0 radical (unpaired) electrons. The second-order valence-corrected chi connectivity index (χ2v) is 3.88. The first kappa shape index (κ1) is 11.9. The van der Waals surface area contributed by atoms with Crippen LogP contribution in [0.15, 0.2) is 23.0 Å². The predicted octanol–water partition coefficient (Wildman–Crippen LogP) is 1.74. The summed E-state index contributed by atoms with van der Waals surface area (Å²) in [6.45, 7) is 6.46. The van der Waals surface area contributed by atoms with Crippen LogP contribution in [-0.2, 0) is 26.1 Å². The Labute approximate surface area is 101 Å². The van der Waals surface area contributed by atoms with Gasteiger partial charge in [0.25, 0.3) is 0 Å². The molecule has 2 rings (SSSR count). The first-order chi connectivity index (χ1) is 8.31. The van der Waals surface area contributed by atoms with Crippen molar-refractivity contribution in [2.45, 2.75) is 39.9 Å². The van der Waals surface area contributed by atoms with Crippen molar-refractivity contribution >= 4 is 0 Å². The Morgan fingerprint density at radius 1 is 1.29 bits per heavy atom. The quantitative estimate of drug-likeness (QED) is 0.827. The van der Waals surface area contributed by atoms with Crippen molar-refractivity contribution in [2.75, 3.05) is 0 Å². The molecule has 0 atom stereocenters. The standard InChI is InChI=1S/C12H18N4O/c1-3-11-7-14-12(17-11)8-13-5-10-6-15-16(4-2)9-10/h6-7,9,13H,3-5,8H2,1-2H3. The molecule has 1 N–H and O–H groups in total. The Hall–Kier alpha value is -1.62. The van der Waals surface area contributed by atoms with Crippen molar-refractivity contribution < 1.29 is 4.42 Å². The first-order valence-electron chi connectivity index (χ1n) is 5.97. The summed E-state index contributed by atoms with van der Waals surface area (Å²) < 4.78 is 7.42. The van der Waals surface area contributed by atoms with E-state index in [0.29, 0.717) is 6.54 Å². The normalized spacial score (nSPS) is 10.9. The fourth-order valence-electron chi connectivity index (χ4n) is 1.58. The third-order valence-corrected chi connectivity index (χ3v) is 2.57. The number of nitrogens with one attached hydrogen (secondary N) is 1. The summed E-state index contributed by atoms with van der Waals surface area (Å²) in [5, 5.41) is 7.50. The maximum absolute atomic E-state index is 5.50. The summed E-state index contributed by atoms with van der Waals surface area (Å²) in [5.41, 5.74) is 1.18. The van der Waals surface area contributed by atoms with E-state index >= 15 is 0 Å². The zero-order chi connectivity index (χ0) is 12.1. The van der Waals surface area contributed by atoms with E-state index in [4.69, 9.17) is 4.42 Å². The number of oxazole rings is 1. The van der Waals surface area contributed by atoms with Crippen molar-refractivity contribution in [3.63, 3.8) is 0 Å². The van der Waals surface area contributed by atoms with Crippen LogP contribution in [0.25, 0.3) is 0 Å². The molecule has 5 nitrogen and oxygen atoms in total. The minimum Gasteiger partial charge on any atom is -0.444 e. The van der Waals surface area contributed by atoms with E-state index < -0.39 is 0 Å². The van der Waals surface area contributed by atoms with Gasteiger partial charge in [-0.25, -0.2) is 4.98 Å². The summed E-state index contributed by atoms with van der Waals surface area (Å²) in [6, 6.07) is 0. The largest absolute Gasteiger partial charge is 0.444 e. The van der Waals surface area contributed by atoms with Gasteiger partial charge in [-0.05, 0) is 6.92 Å². The number of aryl methyl sites for hydroxylation is 2. The molecular weight excluding hydrogens is 216 g/mol. The minimum absolute atomic E-state index is 0.650. The van der Waals surface area contributed by atoms with E-state index in [0.717, 1.165) is 31.2 Å². The van der Waals surface area contributed by atoms with Gasteiger partial charge >= 0.3 is 0 Å². The summed E-state index contributed by atoms with van der Waals surface area (Å²) in [7, 11) is 0. The molecule has 0 aliphatic rings. The van der Waals surface area contributed by atoms with E-state index in [9.17, 15) is 0 Å². The number of aromatic nitrogens is 3. The van der Waals surface area contributed by atoms with Crippen LogP contribution in [0.1, 0.15) is 31.1 Å². The third-order valence-electron chi connectivity index (χ3n) is 2.57. The van der Waals surface area contributed by atoms with Crippen molar-refractivity contribution in [2.24, 2.45) is 0 Å². The van der Waals surface area contributed by atoms with Crippen LogP contribution in [0.5, 0.6) is 0 Å². The number of nitrogens with zero attached hydrogens (tertiary/aromatic N) is 3. The van der Waals surface area contributed by atoms with E-state index in [1.807, 2.05) is 17.1 Å². The second kappa shape index (κ2) is 5.63. The average molecular weight is 234 g/mol. The highest BCUT2D eigenvalue weighted by Crippen LogP contribution is 2.04. The Bertz CT molecular complexity index is 418. The molecule has 0 aliphatic carbocycles. The van der Waals surface area contributed by atoms with Crippen molar-refractivity contribution in [3.05, 3.63) is 35.8 Å². The van der Waals surface area contributed by atoms with Crippen molar-refractivity contribution in [3.8, 4) is 0 Å². The van der Waals surface area contributed by atoms with Gasteiger partial charge in [0, 0.05) is 31.3 Å². The molecule has 0 aliphatic heterocycles. The molecule has 0 saturated heterocycles. The van der Waals surface area contributed by atoms with E-state index in [2.05, 4.69) is 29.2 Å². The van der Waals surface area contributed by atoms with Crippen molar-refractivity contribution in [1.29, 1.82) is 0 Å². The van der Waals surface area contributed by atoms with Gasteiger partial charge in [-0.1, -0.05) is 6.92 Å². The molecule has 0 fully saturated rings. The number of rotatable bonds is 6. The zero-order valence-electron chi connectivity index (χ0n) is 10.3. The molecule has 0 spiro atoms. The van der Waals surface area contributed by atoms with Crippen LogP contribution in [0.2, 0.25) is 0 Å². The van der Waals surface area contributed by atoms with Gasteiger partial charge in [-0.15, -0.1) is 0 Å². The highest BCUT2D eigenvalue weighted by atomic mass is 16.4. The lowest BCUT2D eigenvalue weighted by molar-refractivity contribution is 0.439. The van der Waals surface area contributed by atoms with Gasteiger partial charge in [0.15, 0.2) is 0 Å². The Balaban J connectivity index is 1.79. The van der Waals surface area contributed by atoms with Crippen LogP contribution in [0, 0.1) is 0 Å². The lowest BCUT2D eigenvalue weighted by atomic mass is 10.3. The fourth-order valence-corrected chi connectivity index (χ4v) is 1.58. The number of hydrogen-bond donors (Lipinski definition) is 1. The summed E-state index contributed by atoms with van der Waals surface area (Å²) >= 11 is 0. The molecule has 0 unspecified atom stereocenters. The molecule has 0 bridgehead atoms. The molecule has 92 valence electrons. The molecule has 2 aromatic heterocycles. The first-order valence-corrected chi connectivity index (χ1v) is 5.97. The van der Waals surface area contributed by atoms with E-state index in [-0.39, 0.29) is 0 Å². The molecular formula is C12H18N4O. The Kier molecular flexibility index (Phi) is 3.93. The van der Waals surface area contributed by atoms with Crippen molar-refractivity contribution in [1.82, 2.24) is 20.1 Å². The maximum Gasteiger partial charge on any atom is 0.208 e. The van der Waals surface area contributed by atoms with Gasteiger partial charge in [0.05, 0.1) is 18.9 Å². The SMILES string of the molecule is CCc1cnc(CNCc2cnn(CC)c2)o1. The lowest BCUT2D eigenvalue weighted by Crippen LogP contribution is -2.12. The van der Waals surface area contributed by atoms with Crippen LogP contribution < -0.4 is 5.32 Å². The van der Waals surface area contributed by atoms with Gasteiger partial charge in [0.2, 0.25) is 5.89 Å². The van der Waals surface area contributed by atoms with Crippen LogP contribution in [0.4, 0.5) is 0 Å². The predicted molar refractivity (Wildman–Crippen MR) is 64.3 cm³/mol. The maximum atomic E-state index is 5.50. The molecule has 2 heterocycles. The zero-order valence-corrected chi connectivity index (χ0v) is 10.3. The third kappa shape index (κ3) is 3.17. The van der Waals surface area contributed by atoms with Crippen LogP contribution in [0.3, 0.4) is 0 Å². The van der Waals surface area contributed by atoms with Gasteiger partial charge in [-0.3, -0.25) is 4.68 Å². The van der Waals surface area contributed by atoms with E-state index in [1.54, 1.807) is 6.20 Å². The molecule has 17 heavy (non-hydrogen) atoms. The molecule has 2 aromatic rings. The molecule has 0 saturated carbocycles. The van der Waals surface area contributed by atoms with Crippen LogP contribution >= 0.6 is 0 Å². The van der Waals surface area contributed by atoms with Crippen LogP contribution in [-0.4, -0.2) is 14.8 Å². The highest BCUT2D eigenvalue weighted by Gasteiger charge is 2.02. The van der Waals surface area contributed by atoms with Gasteiger partial charge < -0.3 is 9.73 Å². The molecule has 0 amide bonds.